The van der Waals surface area contributed by atoms with Gasteiger partial charge in [-0.2, -0.15) is 8.42 Å². The Balaban J connectivity index is 2.82. The van der Waals surface area contributed by atoms with Gasteiger partial charge in [0.15, 0.2) is 9.84 Å². The highest BCUT2D eigenvalue weighted by atomic mass is 32.2. The summed E-state index contributed by atoms with van der Waals surface area (Å²) in [5.74, 6) is 0. The van der Waals surface area contributed by atoms with Crippen LogP contribution in [0.3, 0.4) is 0 Å². The molecule has 7 heteroatoms. The van der Waals surface area contributed by atoms with Crippen LogP contribution >= 0.6 is 0 Å². The van der Waals surface area contributed by atoms with Gasteiger partial charge in [0.05, 0.1) is 4.90 Å². The summed E-state index contributed by atoms with van der Waals surface area (Å²) in [6.07, 6.45) is 0. The maximum Gasteiger partial charge on any atom is 0.295 e. The molecular formula is C12H9O5S2. The Hall–Kier alpha value is -1.70. The average molecular weight is 297 g/mol. The number of hydrogen-bond acceptors (Lipinski definition) is 4. The highest BCUT2D eigenvalue weighted by Gasteiger charge is 2.16. The molecule has 19 heavy (non-hydrogen) atoms. The number of sulfone groups is 1. The Morgan fingerprint density at radius 1 is 1.16 bits per heavy atom. The van der Waals surface area contributed by atoms with Crippen molar-refractivity contribution in [2.75, 3.05) is 0 Å². The van der Waals surface area contributed by atoms with Crippen LogP contribution in [0.15, 0.2) is 52.1 Å². The molecule has 0 unspecified atom stereocenters. The first-order chi connectivity index (χ1) is 8.75. The predicted octanol–water partition coefficient (Wildman–Crippen LogP) is 1.80. The van der Waals surface area contributed by atoms with Gasteiger partial charge >= 0.3 is 0 Å². The number of rotatable bonds is 3. The van der Waals surface area contributed by atoms with Crippen LogP contribution in [-0.2, 0) is 20.0 Å². The molecule has 2 rings (SSSR count). The maximum absolute atomic E-state index is 11.6. The van der Waals surface area contributed by atoms with Crippen molar-refractivity contribution in [3.05, 3.63) is 48.4 Å². The second-order valence-electron chi connectivity index (χ2n) is 3.74. The van der Waals surface area contributed by atoms with Gasteiger partial charge in [-0.3, -0.25) is 4.55 Å². The van der Waals surface area contributed by atoms with Crippen molar-refractivity contribution < 1.29 is 21.4 Å². The van der Waals surface area contributed by atoms with E-state index in [0.717, 1.165) is 5.41 Å². The molecule has 0 aliphatic carbocycles. The van der Waals surface area contributed by atoms with Crippen LogP contribution in [0.1, 0.15) is 0 Å². The van der Waals surface area contributed by atoms with Crippen molar-refractivity contribution in [2.24, 2.45) is 0 Å². The van der Waals surface area contributed by atoms with Crippen LogP contribution in [0.4, 0.5) is 0 Å². The van der Waals surface area contributed by atoms with Crippen molar-refractivity contribution in [3.8, 4) is 0 Å². The Morgan fingerprint density at radius 3 is 2.42 bits per heavy atom. The van der Waals surface area contributed by atoms with Gasteiger partial charge in [0.25, 0.3) is 10.1 Å². The zero-order valence-corrected chi connectivity index (χ0v) is 11.2. The fourth-order valence-corrected chi connectivity index (χ4v) is 3.08. The fourth-order valence-electron chi connectivity index (χ4n) is 1.66. The van der Waals surface area contributed by atoms with Crippen LogP contribution < -0.4 is 0 Å². The van der Waals surface area contributed by atoms with Crippen LogP contribution in [0, 0.1) is 6.07 Å². The highest BCUT2D eigenvalue weighted by molar-refractivity contribution is 7.94. The zero-order chi connectivity index (χ0) is 14.3. The largest absolute Gasteiger partial charge is 0.295 e. The number of benzene rings is 2. The molecule has 0 spiro atoms. The molecule has 0 fully saturated rings. The summed E-state index contributed by atoms with van der Waals surface area (Å²) in [5.41, 5.74) is 0. The summed E-state index contributed by atoms with van der Waals surface area (Å²) in [6.45, 7) is 3.22. The van der Waals surface area contributed by atoms with Crippen molar-refractivity contribution in [2.45, 2.75) is 9.79 Å². The Labute approximate surface area is 110 Å². The SMILES string of the molecule is C=CS(=O)(=O)c1ccc2c(S(=O)(=O)O)[c]ccc2c1. The highest BCUT2D eigenvalue weighted by Crippen LogP contribution is 2.25. The lowest BCUT2D eigenvalue weighted by Crippen LogP contribution is -2.00. The van der Waals surface area contributed by atoms with Gasteiger partial charge in [0.2, 0.25) is 0 Å². The molecule has 5 nitrogen and oxygen atoms in total. The van der Waals surface area contributed by atoms with Crippen LogP contribution in [0.25, 0.3) is 10.8 Å². The molecule has 0 amide bonds. The lowest BCUT2D eigenvalue weighted by atomic mass is 10.1. The van der Waals surface area contributed by atoms with E-state index in [-0.39, 0.29) is 15.2 Å². The van der Waals surface area contributed by atoms with Crippen LogP contribution in [0.2, 0.25) is 0 Å². The van der Waals surface area contributed by atoms with E-state index in [4.69, 9.17) is 4.55 Å². The van der Waals surface area contributed by atoms with Gasteiger partial charge < -0.3 is 0 Å². The van der Waals surface area contributed by atoms with E-state index in [1.807, 2.05) is 0 Å². The molecule has 2 aromatic rings. The van der Waals surface area contributed by atoms with E-state index >= 15 is 0 Å². The van der Waals surface area contributed by atoms with Gasteiger partial charge in [-0.25, -0.2) is 8.42 Å². The van der Waals surface area contributed by atoms with E-state index in [2.05, 4.69) is 12.6 Å². The summed E-state index contributed by atoms with van der Waals surface area (Å²) in [5, 5.41) is 1.38. The normalized spacial score (nSPS) is 12.5. The van der Waals surface area contributed by atoms with Gasteiger partial charge in [-0.05, 0) is 17.5 Å². The Kier molecular flexibility index (Phi) is 3.21. The minimum atomic E-state index is -4.41. The molecule has 0 bridgehead atoms. The van der Waals surface area contributed by atoms with E-state index in [0.29, 0.717) is 5.39 Å². The maximum atomic E-state index is 11.6. The monoisotopic (exact) mass is 297 g/mol. The Bertz CT molecular complexity index is 864. The quantitative estimate of drug-likeness (QED) is 0.873. The van der Waals surface area contributed by atoms with E-state index in [1.54, 1.807) is 0 Å². The lowest BCUT2D eigenvalue weighted by Gasteiger charge is -2.05. The van der Waals surface area contributed by atoms with Gasteiger partial charge in [-0.15, -0.1) is 0 Å². The minimum absolute atomic E-state index is 0.00230. The van der Waals surface area contributed by atoms with E-state index in [1.165, 1.54) is 30.3 Å². The molecular weight excluding hydrogens is 288 g/mol. The van der Waals surface area contributed by atoms with E-state index in [9.17, 15) is 16.8 Å². The summed E-state index contributed by atoms with van der Waals surface area (Å²) < 4.78 is 54.7. The van der Waals surface area contributed by atoms with Crippen molar-refractivity contribution in [3.63, 3.8) is 0 Å². The van der Waals surface area contributed by atoms with Crippen LogP contribution in [0.5, 0.6) is 0 Å². The predicted molar refractivity (Wildman–Crippen MR) is 70.0 cm³/mol. The van der Waals surface area contributed by atoms with Gasteiger partial charge in [-0.1, -0.05) is 24.8 Å². The second kappa shape index (κ2) is 4.44. The van der Waals surface area contributed by atoms with Gasteiger partial charge in [0, 0.05) is 16.9 Å². The number of fused-ring (bicyclic) bond motifs is 1. The first kappa shape index (κ1) is 13.7. The van der Waals surface area contributed by atoms with Crippen LogP contribution in [-0.4, -0.2) is 21.4 Å². The van der Waals surface area contributed by atoms with Crippen molar-refractivity contribution in [1.29, 1.82) is 0 Å². The lowest BCUT2D eigenvalue weighted by molar-refractivity contribution is 0.484. The van der Waals surface area contributed by atoms with E-state index < -0.39 is 20.0 Å². The molecule has 0 heterocycles. The molecule has 0 saturated carbocycles. The second-order valence-corrected chi connectivity index (χ2v) is 7.00. The molecule has 0 aliphatic heterocycles. The van der Waals surface area contributed by atoms with Gasteiger partial charge in [0.1, 0.15) is 4.90 Å². The molecule has 0 aliphatic rings. The summed E-state index contributed by atoms with van der Waals surface area (Å²) in [6, 6.07) is 9.10. The molecule has 0 aromatic heterocycles. The fraction of sp³-hybridized carbons (Fsp3) is 0. The zero-order valence-electron chi connectivity index (χ0n) is 9.57. The molecule has 2 aromatic carbocycles. The molecule has 99 valence electrons. The smallest absolute Gasteiger partial charge is 0.282 e. The average Bonchev–Trinajstić information content (AvgIpc) is 2.36. The molecule has 1 N–H and O–H groups in total. The standard InChI is InChI=1S/C12H9O5S2/c1-2-18(13,14)10-6-7-11-9(8-10)4-3-5-12(11)19(15,16)17/h2-4,6-8H,1H2,(H,15,16,17). The molecule has 1 radical (unpaired) electrons. The third kappa shape index (κ3) is 2.53. The molecule has 0 atom stereocenters. The first-order valence-corrected chi connectivity index (χ1v) is 8.04. The summed E-state index contributed by atoms with van der Waals surface area (Å²) in [4.78, 5) is -0.380. The topological polar surface area (TPSA) is 88.5 Å². The third-order valence-corrected chi connectivity index (χ3v) is 4.75. The minimum Gasteiger partial charge on any atom is -0.282 e. The molecule has 0 saturated heterocycles. The summed E-state index contributed by atoms with van der Waals surface area (Å²) >= 11 is 0. The Morgan fingerprint density at radius 2 is 1.84 bits per heavy atom. The summed E-state index contributed by atoms with van der Waals surface area (Å²) in [7, 11) is -8.00. The third-order valence-electron chi connectivity index (χ3n) is 2.55. The first-order valence-electron chi connectivity index (χ1n) is 5.05. The van der Waals surface area contributed by atoms with Crippen molar-refractivity contribution >= 4 is 30.7 Å². The number of hydrogen-bond donors (Lipinski definition) is 1. The van der Waals surface area contributed by atoms with Crippen molar-refractivity contribution in [1.82, 2.24) is 0 Å².